The van der Waals surface area contributed by atoms with E-state index in [4.69, 9.17) is 9.84 Å². The summed E-state index contributed by atoms with van der Waals surface area (Å²) in [7, 11) is 0. The molecule has 0 aliphatic heterocycles. The Hall–Kier alpha value is -0.930. The first-order valence-electron chi connectivity index (χ1n) is 4.85. The largest absolute Gasteiger partial charge is 0.390 e. The first-order valence-corrected chi connectivity index (χ1v) is 4.85. The predicted molar refractivity (Wildman–Crippen MR) is 54.7 cm³/mol. The molecule has 0 radical (unpaired) electrons. The number of pyridine rings is 1. The van der Waals surface area contributed by atoms with Crippen LogP contribution in [0, 0.1) is 5.92 Å². The van der Waals surface area contributed by atoms with E-state index in [9.17, 15) is 0 Å². The fourth-order valence-corrected chi connectivity index (χ4v) is 1.10. The molecule has 0 amide bonds. The van der Waals surface area contributed by atoms with Gasteiger partial charge in [0.15, 0.2) is 0 Å². The van der Waals surface area contributed by atoms with E-state index in [0.29, 0.717) is 18.2 Å². The SMILES string of the molecule is CC(C)COCc1cccc(CO)n1. The van der Waals surface area contributed by atoms with Crippen LogP contribution in [0.15, 0.2) is 18.2 Å². The highest BCUT2D eigenvalue weighted by Crippen LogP contribution is 2.02. The second-order valence-electron chi connectivity index (χ2n) is 3.69. The molecule has 1 heterocycles. The van der Waals surface area contributed by atoms with E-state index < -0.39 is 0 Å². The van der Waals surface area contributed by atoms with Crippen molar-refractivity contribution in [1.82, 2.24) is 4.98 Å². The van der Waals surface area contributed by atoms with Gasteiger partial charge < -0.3 is 9.84 Å². The average molecular weight is 195 g/mol. The summed E-state index contributed by atoms with van der Waals surface area (Å²) >= 11 is 0. The van der Waals surface area contributed by atoms with Crippen molar-refractivity contribution in [2.24, 2.45) is 5.92 Å². The number of nitrogens with zero attached hydrogens (tertiary/aromatic N) is 1. The molecule has 78 valence electrons. The summed E-state index contributed by atoms with van der Waals surface area (Å²) in [6.45, 7) is 5.46. The van der Waals surface area contributed by atoms with E-state index >= 15 is 0 Å². The van der Waals surface area contributed by atoms with Gasteiger partial charge in [-0.1, -0.05) is 19.9 Å². The highest BCUT2D eigenvalue weighted by atomic mass is 16.5. The maximum Gasteiger partial charge on any atom is 0.0888 e. The van der Waals surface area contributed by atoms with E-state index in [-0.39, 0.29) is 6.61 Å². The van der Waals surface area contributed by atoms with E-state index in [1.807, 2.05) is 12.1 Å². The van der Waals surface area contributed by atoms with Gasteiger partial charge in [0.25, 0.3) is 0 Å². The molecule has 3 heteroatoms. The minimum absolute atomic E-state index is 0.0159. The van der Waals surface area contributed by atoms with Gasteiger partial charge in [0.05, 0.1) is 24.6 Å². The zero-order valence-electron chi connectivity index (χ0n) is 8.73. The maximum atomic E-state index is 8.87. The second-order valence-corrected chi connectivity index (χ2v) is 3.69. The van der Waals surface area contributed by atoms with Crippen molar-refractivity contribution < 1.29 is 9.84 Å². The van der Waals surface area contributed by atoms with Crippen LogP contribution in [0.4, 0.5) is 0 Å². The summed E-state index contributed by atoms with van der Waals surface area (Å²) in [5.74, 6) is 0.538. The van der Waals surface area contributed by atoms with Gasteiger partial charge in [-0.25, -0.2) is 0 Å². The highest BCUT2D eigenvalue weighted by Gasteiger charge is 1.98. The first kappa shape index (κ1) is 11.1. The van der Waals surface area contributed by atoms with Crippen LogP contribution in [-0.2, 0) is 18.0 Å². The quantitative estimate of drug-likeness (QED) is 0.778. The highest BCUT2D eigenvalue weighted by molar-refractivity contribution is 5.09. The van der Waals surface area contributed by atoms with Crippen LogP contribution in [0.25, 0.3) is 0 Å². The Kier molecular flexibility index (Phi) is 4.56. The summed E-state index contributed by atoms with van der Waals surface area (Å²) < 4.78 is 5.44. The Balaban J connectivity index is 2.42. The van der Waals surface area contributed by atoms with Crippen molar-refractivity contribution in [3.8, 4) is 0 Å². The number of hydrogen-bond donors (Lipinski definition) is 1. The Bertz CT molecular complexity index is 274. The minimum atomic E-state index is -0.0159. The molecule has 1 aromatic rings. The van der Waals surface area contributed by atoms with Gasteiger partial charge in [-0.3, -0.25) is 4.98 Å². The molecule has 0 saturated carbocycles. The molecule has 3 nitrogen and oxygen atoms in total. The molecule has 0 atom stereocenters. The third-order valence-electron chi connectivity index (χ3n) is 1.73. The molecule has 1 aromatic heterocycles. The molecule has 0 bridgehead atoms. The Morgan fingerprint density at radius 1 is 1.36 bits per heavy atom. The molecule has 0 saturated heterocycles. The molecule has 0 aromatic carbocycles. The summed E-state index contributed by atoms with van der Waals surface area (Å²) in [5, 5.41) is 8.87. The summed E-state index contributed by atoms with van der Waals surface area (Å²) in [5.41, 5.74) is 1.56. The zero-order chi connectivity index (χ0) is 10.4. The van der Waals surface area contributed by atoms with Crippen molar-refractivity contribution in [2.45, 2.75) is 27.1 Å². The molecule has 14 heavy (non-hydrogen) atoms. The number of hydrogen-bond acceptors (Lipinski definition) is 3. The van der Waals surface area contributed by atoms with Gasteiger partial charge >= 0.3 is 0 Å². The van der Waals surface area contributed by atoms with Crippen molar-refractivity contribution in [3.05, 3.63) is 29.6 Å². The molecule has 0 spiro atoms. The lowest BCUT2D eigenvalue weighted by Gasteiger charge is -2.06. The smallest absolute Gasteiger partial charge is 0.0888 e. The molecular weight excluding hydrogens is 178 g/mol. The maximum absolute atomic E-state index is 8.87. The average Bonchev–Trinajstić information content (AvgIpc) is 2.18. The van der Waals surface area contributed by atoms with Crippen LogP contribution < -0.4 is 0 Å². The minimum Gasteiger partial charge on any atom is -0.390 e. The van der Waals surface area contributed by atoms with Crippen molar-refractivity contribution in [3.63, 3.8) is 0 Å². The predicted octanol–water partition coefficient (Wildman–Crippen LogP) is 1.75. The number of aliphatic hydroxyl groups excluding tert-OH is 1. The molecule has 1 rings (SSSR count). The van der Waals surface area contributed by atoms with Crippen LogP contribution >= 0.6 is 0 Å². The fourth-order valence-electron chi connectivity index (χ4n) is 1.10. The topological polar surface area (TPSA) is 42.4 Å². The summed E-state index contributed by atoms with van der Waals surface area (Å²) in [6, 6.07) is 5.58. The number of rotatable bonds is 5. The van der Waals surface area contributed by atoms with Gasteiger partial charge in [-0.2, -0.15) is 0 Å². The summed E-state index contributed by atoms with van der Waals surface area (Å²) in [4.78, 5) is 4.21. The molecule has 0 fully saturated rings. The van der Waals surface area contributed by atoms with Gasteiger partial charge in [0, 0.05) is 6.61 Å². The Morgan fingerprint density at radius 2 is 2.07 bits per heavy atom. The van der Waals surface area contributed by atoms with Gasteiger partial charge in [-0.05, 0) is 18.1 Å². The van der Waals surface area contributed by atoms with Crippen molar-refractivity contribution in [2.75, 3.05) is 6.61 Å². The van der Waals surface area contributed by atoms with Crippen LogP contribution in [0.5, 0.6) is 0 Å². The van der Waals surface area contributed by atoms with Crippen molar-refractivity contribution in [1.29, 1.82) is 0 Å². The third-order valence-corrected chi connectivity index (χ3v) is 1.73. The van der Waals surface area contributed by atoms with Gasteiger partial charge in [0.2, 0.25) is 0 Å². The molecule has 0 aliphatic carbocycles. The van der Waals surface area contributed by atoms with Gasteiger partial charge in [0.1, 0.15) is 0 Å². The molecule has 0 aliphatic rings. The van der Waals surface area contributed by atoms with E-state index in [0.717, 1.165) is 12.3 Å². The van der Waals surface area contributed by atoms with Crippen LogP contribution in [0.3, 0.4) is 0 Å². The standard InChI is InChI=1S/C11H17NO2/c1-9(2)7-14-8-11-5-3-4-10(6-13)12-11/h3-5,9,13H,6-8H2,1-2H3. The van der Waals surface area contributed by atoms with Gasteiger partial charge in [-0.15, -0.1) is 0 Å². The van der Waals surface area contributed by atoms with E-state index in [1.165, 1.54) is 0 Å². The lowest BCUT2D eigenvalue weighted by atomic mass is 10.2. The van der Waals surface area contributed by atoms with Crippen LogP contribution in [0.2, 0.25) is 0 Å². The lowest BCUT2D eigenvalue weighted by Crippen LogP contribution is -2.04. The second kappa shape index (κ2) is 5.73. The van der Waals surface area contributed by atoms with Crippen LogP contribution in [0.1, 0.15) is 25.2 Å². The van der Waals surface area contributed by atoms with E-state index in [2.05, 4.69) is 18.8 Å². The third kappa shape index (κ3) is 3.85. The molecule has 1 N–H and O–H groups in total. The number of aliphatic hydroxyl groups is 1. The van der Waals surface area contributed by atoms with E-state index in [1.54, 1.807) is 6.07 Å². The lowest BCUT2D eigenvalue weighted by molar-refractivity contribution is 0.0945. The normalized spacial score (nSPS) is 10.9. The number of aromatic nitrogens is 1. The fraction of sp³-hybridized carbons (Fsp3) is 0.545. The monoisotopic (exact) mass is 195 g/mol. The Morgan fingerprint density at radius 3 is 2.71 bits per heavy atom. The molecular formula is C11H17NO2. The molecule has 0 unspecified atom stereocenters. The Labute approximate surface area is 84.7 Å². The van der Waals surface area contributed by atoms with Crippen LogP contribution in [-0.4, -0.2) is 16.7 Å². The van der Waals surface area contributed by atoms with Crippen molar-refractivity contribution >= 4 is 0 Å². The number of ether oxygens (including phenoxy) is 1. The zero-order valence-corrected chi connectivity index (χ0v) is 8.73. The first-order chi connectivity index (χ1) is 6.72. The summed E-state index contributed by atoms with van der Waals surface area (Å²) in [6.07, 6.45) is 0.